The molecule has 0 radical (unpaired) electrons. The fourth-order valence-corrected chi connectivity index (χ4v) is 4.84. The molecule has 4 rings (SSSR count). The summed E-state index contributed by atoms with van der Waals surface area (Å²) >= 11 is 1.13. The van der Waals surface area contributed by atoms with Crippen molar-refractivity contribution in [2.24, 2.45) is 16.6 Å². The van der Waals surface area contributed by atoms with Gasteiger partial charge in [-0.15, -0.1) is 0 Å². The van der Waals surface area contributed by atoms with Crippen molar-refractivity contribution in [3.8, 4) is 0 Å². The van der Waals surface area contributed by atoms with E-state index < -0.39 is 42.1 Å². The Morgan fingerprint density at radius 1 is 1.29 bits per heavy atom. The molecule has 3 heterocycles. The average Bonchev–Trinajstić information content (AvgIpc) is 2.74. The van der Waals surface area contributed by atoms with Crippen molar-refractivity contribution in [1.82, 2.24) is 4.98 Å². The van der Waals surface area contributed by atoms with E-state index in [4.69, 9.17) is 10.5 Å². The Labute approximate surface area is 179 Å². The summed E-state index contributed by atoms with van der Waals surface area (Å²) in [7, 11) is 0. The number of halogens is 4. The third-order valence-corrected chi connectivity index (χ3v) is 6.33. The maximum absolute atomic E-state index is 14.9. The molecule has 3 atom stereocenters. The first-order chi connectivity index (χ1) is 14.7. The summed E-state index contributed by atoms with van der Waals surface area (Å²) in [5.41, 5.74) is 4.90. The van der Waals surface area contributed by atoms with Gasteiger partial charge in [-0.2, -0.15) is 13.2 Å². The molecule has 6 nitrogen and oxygen atoms in total. The number of nitrogens with two attached hydrogens (primary N) is 1. The highest BCUT2D eigenvalue weighted by Crippen LogP contribution is 2.49. The van der Waals surface area contributed by atoms with E-state index in [0.717, 1.165) is 17.8 Å². The molecule has 1 amide bonds. The van der Waals surface area contributed by atoms with Gasteiger partial charge >= 0.3 is 6.18 Å². The summed E-state index contributed by atoms with van der Waals surface area (Å²) in [6.45, 7) is -0.475. The monoisotopic (exact) mass is 454 g/mol. The number of amidine groups is 1. The molecule has 0 spiro atoms. The number of benzene rings is 1. The zero-order chi connectivity index (χ0) is 22.2. The smallest absolute Gasteiger partial charge is 0.379 e. The molecule has 164 valence electrons. The van der Waals surface area contributed by atoms with Crippen LogP contribution in [0.3, 0.4) is 0 Å². The fourth-order valence-electron chi connectivity index (χ4n) is 3.82. The van der Waals surface area contributed by atoms with Gasteiger partial charge in [0.1, 0.15) is 17.1 Å². The second kappa shape index (κ2) is 8.12. The Balaban J connectivity index is 1.69. The van der Waals surface area contributed by atoms with Crippen LogP contribution in [-0.2, 0) is 10.3 Å². The SMILES string of the molecule is NC1=NC2(c3cc(NC(=O)c4ccccn4)ccc3F)COC(C(F)(F)F)CC2CS1. The standard InChI is InChI=1S/C20H18F4N4O2S/c21-14-5-4-12(27-17(29)15-3-1-2-6-26-15)8-13(14)19-10-30-16(20(22,23)24)7-11(19)9-31-18(25)28-19/h1-6,8,11,16H,7,9-10H2,(H2,25,28)(H,27,29). The number of ether oxygens (including phenoxy) is 1. The van der Waals surface area contributed by atoms with Crippen molar-refractivity contribution >= 4 is 28.5 Å². The van der Waals surface area contributed by atoms with Gasteiger partial charge in [0.05, 0.1) is 6.61 Å². The largest absolute Gasteiger partial charge is 0.414 e. The molecule has 1 aromatic heterocycles. The molecule has 31 heavy (non-hydrogen) atoms. The number of thioether (sulfide) groups is 1. The normalized spacial score (nSPS) is 26.0. The molecule has 3 unspecified atom stereocenters. The summed E-state index contributed by atoms with van der Waals surface area (Å²) in [6, 6.07) is 8.69. The molecule has 3 N–H and O–H groups in total. The highest BCUT2D eigenvalue weighted by atomic mass is 32.2. The van der Waals surface area contributed by atoms with Crippen molar-refractivity contribution < 1.29 is 27.1 Å². The third kappa shape index (κ3) is 4.24. The van der Waals surface area contributed by atoms with Crippen LogP contribution in [0.5, 0.6) is 0 Å². The van der Waals surface area contributed by atoms with E-state index in [9.17, 15) is 22.4 Å². The van der Waals surface area contributed by atoms with Gasteiger partial charge < -0.3 is 15.8 Å². The van der Waals surface area contributed by atoms with Crippen LogP contribution in [0.4, 0.5) is 23.2 Å². The molecule has 0 saturated carbocycles. The number of pyridine rings is 1. The van der Waals surface area contributed by atoms with E-state index in [-0.39, 0.29) is 34.3 Å². The lowest BCUT2D eigenvalue weighted by Gasteiger charge is -2.46. The van der Waals surface area contributed by atoms with Crippen molar-refractivity contribution in [2.45, 2.75) is 24.2 Å². The molecule has 2 aromatic rings. The Bertz CT molecular complexity index is 1020. The van der Waals surface area contributed by atoms with Gasteiger partial charge in [-0.05, 0) is 36.8 Å². The molecule has 0 bridgehead atoms. The van der Waals surface area contributed by atoms with E-state index in [0.29, 0.717) is 0 Å². The van der Waals surface area contributed by atoms with Gasteiger partial charge in [-0.25, -0.2) is 9.38 Å². The molecule has 2 aliphatic rings. The lowest BCUT2D eigenvalue weighted by atomic mass is 9.74. The lowest BCUT2D eigenvalue weighted by Crippen LogP contribution is -2.53. The van der Waals surface area contributed by atoms with Gasteiger partial charge in [0.25, 0.3) is 5.91 Å². The maximum Gasteiger partial charge on any atom is 0.414 e. The Hall–Kier alpha value is -2.66. The predicted molar refractivity (Wildman–Crippen MR) is 108 cm³/mol. The van der Waals surface area contributed by atoms with Crippen LogP contribution < -0.4 is 11.1 Å². The van der Waals surface area contributed by atoms with Crippen LogP contribution in [0.25, 0.3) is 0 Å². The number of nitrogens with zero attached hydrogens (tertiary/aromatic N) is 2. The summed E-state index contributed by atoms with van der Waals surface area (Å²) in [4.78, 5) is 20.7. The number of carbonyl (C=O) groups is 1. The first-order valence-electron chi connectivity index (χ1n) is 9.38. The molecule has 1 aromatic carbocycles. The second-order valence-electron chi connectivity index (χ2n) is 7.32. The van der Waals surface area contributed by atoms with Crippen LogP contribution in [-0.4, -0.2) is 40.7 Å². The minimum atomic E-state index is -4.53. The van der Waals surface area contributed by atoms with Crippen LogP contribution in [0, 0.1) is 11.7 Å². The molecular weight excluding hydrogens is 436 g/mol. The quantitative estimate of drug-likeness (QED) is 0.691. The third-order valence-electron chi connectivity index (χ3n) is 5.37. The zero-order valence-electron chi connectivity index (χ0n) is 16.0. The van der Waals surface area contributed by atoms with Crippen LogP contribution in [0.15, 0.2) is 47.6 Å². The summed E-state index contributed by atoms with van der Waals surface area (Å²) < 4.78 is 59.7. The number of aliphatic imine (C=N–C) groups is 1. The molecule has 1 saturated heterocycles. The van der Waals surface area contributed by atoms with Gasteiger partial charge in [0.2, 0.25) is 0 Å². The zero-order valence-corrected chi connectivity index (χ0v) is 16.8. The van der Waals surface area contributed by atoms with E-state index >= 15 is 0 Å². The Kier molecular flexibility index (Phi) is 5.65. The highest BCUT2D eigenvalue weighted by Gasteiger charge is 2.55. The minimum absolute atomic E-state index is 0.0280. The van der Waals surface area contributed by atoms with Gasteiger partial charge in [0, 0.05) is 29.1 Å². The number of alkyl halides is 3. The van der Waals surface area contributed by atoms with Crippen molar-refractivity contribution in [3.05, 3.63) is 59.7 Å². The van der Waals surface area contributed by atoms with E-state index in [1.807, 2.05) is 0 Å². The van der Waals surface area contributed by atoms with E-state index in [1.54, 1.807) is 12.1 Å². The number of anilines is 1. The number of hydrogen-bond acceptors (Lipinski definition) is 6. The highest BCUT2D eigenvalue weighted by molar-refractivity contribution is 8.13. The maximum atomic E-state index is 14.9. The van der Waals surface area contributed by atoms with Gasteiger partial charge in [0.15, 0.2) is 11.3 Å². The molecule has 2 aliphatic heterocycles. The second-order valence-corrected chi connectivity index (χ2v) is 8.36. The number of fused-ring (bicyclic) bond motifs is 1. The van der Waals surface area contributed by atoms with Crippen LogP contribution >= 0.6 is 11.8 Å². The first-order valence-corrected chi connectivity index (χ1v) is 10.4. The number of rotatable bonds is 3. The average molecular weight is 454 g/mol. The lowest BCUT2D eigenvalue weighted by molar-refractivity contribution is -0.245. The predicted octanol–water partition coefficient (Wildman–Crippen LogP) is 3.70. The van der Waals surface area contributed by atoms with Gasteiger partial charge in [-0.3, -0.25) is 9.78 Å². The Morgan fingerprint density at radius 2 is 2.10 bits per heavy atom. The number of carbonyl (C=O) groups excluding carboxylic acids is 1. The van der Waals surface area contributed by atoms with Crippen molar-refractivity contribution in [1.29, 1.82) is 0 Å². The van der Waals surface area contributed by atoms with Crippen LogP contribution in [0.2, 0.25) is 0 Å². The number of hydrogen-bond donors (Lipinski definition) is 2. The summed E-state index contributed by atoms with van der Waals surface area (Å²) in [5, 5.41) is 2.77. The number of aromatic nitrogens is 1. The van der Waals surface area contributed by atoms with Gasteiger partial charge in [-0.1, -0.05) is 17.8 Å². The minimum Gasteiger partial charge on any atom is -0.379 e. The topological polar surface area (TPSA) is 89.6 Å². The fraction of sp³-hybridized carbons (Fsp3) is 0.350. The van der Waals surface area contributed by atoms with E-state index in [1.165, 1.54) is 24.4 Å². The summed E-state index contributed by atoms with van der Waals surface area (Å²) in [6.07, 6.45) is -5.38. The molecule has 11 heteroatoms. The van der Waals surface area contributed by atoms with Crippen LogP contribution in [0.1, 0.15) is 22.5 Å². The summed E-state index contributed by atoms with van der Waals surface area (Å²) in [5.74, 6) is -1.58. The van der Waals surface area contributed by atoms with Crippen molar-refractivity contribution in [2.75, 3.05) is 17.7 Å². The number of nitrogens with one attached hydrogen (secondary N) is 1. The Morgan fingerprint density at radius 3 is 2.81 bits per heavy atom. The molecular formula is C20H18F4N4O2S. The molecule has 0 aliphatic carbocycles. The number of amides is 1. The molecule has 1 fully saturated rings. The van der Waals surface area contributed by atoms with E-state index in [2.05, 4.69) is 15.3 Å². The van der Waals surface area contributed by atoms with Crippen molar-refractivity contribution in [3.63, 3.8) is 0 Å². The first kappa shape index (κ1) is 21.6.